The zero-order valence-electron chi connectivity index (χ0n) is 13.3. The van der Waals surface area contributed by atoms with Crippen molar-refractivity contribution in [1.29, 1.82) is 0 Å². The molecule has 2 aromatic carbocycles. The fourth-order valence-corrected chi connectivity index (χ4v) is 2.72. The summed E-state index contributed by atoms with van der Waals surface area (Å²) in [5, 5.41) is 28.4. The third-order valence-electron chi connectivity index (χ3n) is 4.08. The number of aliphatic hydroxyl groups is 2. The Morgan fingerprint density at radius 1 is 0.826 bits per heavy atom. The van der Waals surface area contributed by atoms with Gasteiger partial charge in [0.25, 0.3) is 0 Å². The molecule has 0 saturated carbocycles. The van der Waals surface area contributed by atoms with Crippen molar-refractivity contribution in [2.24, 2.45) is 0 Å². The van der Waals surface area contributed by atoms with Gasteiger partial charge in [-0.1, -0.05) is 12.1 Å². The Labute approximate surface area is 136 Å². The molecule has 0 spiro atoms. The lowest BCUT2D eigenvalue weighted by atomic mass is 9.94. The minimum Gasteiger partial charge on any atom is -0.505 e. The van der Waals surface area contributed by atoms with Crippen molar-refractivity contribution in [3.05, 3.63) is 52.1 Å². The second-order valence-corrected chi connectivity index (χ2v) is 5.79. The van der Waals surface area contributed by atoms with Crippen molar-refractivity contribution in [2.45, 2.75) is 26.2 Å². The van der Waals surface area contributed by atoms with Crippen molar-refractivity contribution in [3.63, 3.8) is 0 Å². The number of anilines is 2. The highest BCUT2D eigenvalue weighted by molar-refractivity contribution is 5.61. The zero-order valence-corrected chi connectivity index (χ0v) is 13.3. The number of aliphatic hydroxyl groups excluding tert-OH is 2. The van der Waals surface area contributed by atoms with Crippen LogP contribution in [0.3, 0.4) is 0 Å². The number of hydrogen-bond donors (Lipinski definition) is 5. The first-order chi connectivity index (χ1) is 11.0. The lowest BCUT2D eigenvalue weighted by molar-refractivity contribution is 0.299. The fraction of sp³-hybridized carbons (Fsp3) is 0.333. The van der Waals surface area contributed by atoms with E-state index in [0.29, 0.717) is 36.2 Å². The second-order valence-electron chi connectivity index (χ2n) is 5.79. The van der Waals surface area contributed by atoms with Crippen molar-refractivity contribution >= 4 is 11.4 Å². The molecule has 0 amide bonds. The second kappa shape index (κ2) is 7.35. The number of rotatable bonds is 6. The summed E-state index contributed by atoms with van der Waals surface area (Å²) < 4.78 is 0. The van der Waals surface area contributed by atoms with E-state index in [1.807, 2.05) is 25.1 Å². The normalized spacial score (nSPS) is 10.9. The first-order valence-corrected chi connectivity index (χ1v) is 7.66. The van der Waals surface area contributed by atoms with E-state index in [2.05, 4.69) is 0 Å². The lowest BCUT2D eigenvalue weighted by Crippen LogP contribution is -2.03. The first-order valence-electron chi connectivity index (χ1n) is 7.66. The van der Waals surface area contributed by atoms with E-state index >= 15 is 0 Å². The summed E-state index contributed by atoms with van der Waals surface area (Å²) in [6.45, 7) is 2.03. The number of hydrogen-bond acceptors (Lipinski definition) is 5. The van der Waals surface area contributed by atoms with E-state index in [9.17, 15) is 5.11 Å². The first kappa shape index (κ1) is 17.1. The van der Waals surface area contributed by atoms with Crippen LogP contribution in [0.25, 0.3) is 0 Å². The van der Waals surface area contributed by atoms with Crippen molar-refractivity contribution in [2.75, 3.05) is 24.7 Å². The zero-order chi connectivity index (χ0) is 17.0. The molecule has 0 unspecified atom stereocenters. The van der Waals surface area contributed by atoms with E-state index in [-0.39, 0.29) is 19.0 Å². The molecule has 124 valence electrons. The fourth-order valence-electron chi connectivity index (χ4n) is 2.72. The quantitative estimate of drug-likeness (QED) is 0.410. The van der Waals surface area contributed by atoms with Gasteiger partial charge in [-0.2, -0.15) is 0 Å². The van der Waals surface area contributed by atoms with E-state index in [0.717, 1.165) is 22.3 Å². The molecule has 0 aliphatic rings. The molecule has 7 N–H and O–H groups in total. The summed E-state index contributed by atoms with van der Waals surface area (Å²) in [4.78, 5) is 0. The van der Waals surface area contributed by atoms with E-state index < -0.39 is 0 Å². The minimum absolute atomic E-state index is 0.0294. The SMILES string of the molecule is Cc1c(N)cc(CCO)cc1Cc1cc(CCO)cc(N)c1O. The summed E-state index contributed by atoms with van der Waals surface area (Å²) in [5.74, 6) is 0.0669. The van der Waals surface area contributed by atoms with Gasteiger partial charge in [-0.05, 0) is 54.2 Å². The molecule has 0 fully saturated rings. The van der Waals surface area contributed by atoms with Crippen LogP contribution in [0, 0.1) is 6.92 Å². The van der Waals surface area contributed by atoms with Gasteiger partial charge >= 0.3 is 0 Å². The van der Waals surface area contributed by atoms with E-state index in [4.69, 9.17) is 21.7 Å². The third kappa shape index (κ3) is 3.94. The third-order valence-corrected chi connectivity index (χ3v) is 4.08. The maximum absolute atomic E-state index is 10.2. The predicted molar refractivity (Wildman–Crippen MR) is 92.5 cm³/mol. The maximum atomic E-state index is 10.2. The average molecular weight is 316 g/mol. The van der Waals surface area contributed by atoms with Gasteiger partial charge in [0.05, 0.1) is 5.69 Å². The molecule has 2 aromatic rings. The molecule has 0 aliphatic carbocycles. The van der Waals surface area contributed by atoms with Crippen LogP contribution in [0.4, 0.5) is 11.4 Å². The van der Waals surface area contributed by atoms with E-state index in [1.54, 1.807) is 6.07 Å². The molecule has 0 aliphatic heterocycles. The Morgan fingerprint density at radius 3 is 1.91 bits per heavy atom. The number of benzene rings is 2. The molecular formula is C18H24N2O3. The van der Waals surface area contributed by atoms with Gasteiger partial charge in [-0.25, -0.2) is 0 Å². The highest BCUT2D eigenvalue weighted by Gasteiger charge is 2.12. The van der Waals surface area contributed by atoms with Crippen LogP contribution in [0.2, 0.25) is 0 Å². The molecule has 0 radical (unpaired) electrons. The van der Waals surface area contributed by atoms with Gasteiger partial charge in [0.1, 0.15) is 5.75 Å². The largest absolute Gasteiger partial charge is 0.505 e. The summed E-state index contributed by atoms with van der Waals surface area (Å²) >= 11 is 0. The van der Waals surface area contributed by atoms with E-state index in [1.165, 1.54) is 0 Å². The van der Waals surface area contributed by atoms with Gasteiger partial charge in [-0.3, -0.25) is 0 Å². The Morgan fingerprint density at radius 2 is 1.35 bits per heavy atom. The predicted octanol–water partition coefficient (Wildman–Crippen LogP) is 1.53. The number of phenolic OH excluding ortho intramolecular Hbond substituents is 1. The Bertz CT molecular complexity index is 640. The molecule has 0 bridgehead atoms. The molecule has 0 aromatic heterocycles. The molecule has 0 atom stereocenters. The summed E-state index contributed by atoms with van der Waals surface area (Å²) in [5.41, 5.74) is 17.4. The standard InChI is InChI=1S/C18H24N2O3/c1-11-14(6-12(2-4-21)8-16(11)19)10-15-7-13(3-5-22)9-17(20)18(15)23/h6-9,21-23H,2-5,10,19-20H2,1H3. The number of aromatic hydroxyl groups is 1. The topological polar surface area (TPSA) is 113 Å². The molecule has 5 nitrogen and oxygen atoms in total. The van der Waals surface area contributed by atoms with Crippen molar-refractivity contribution in [3.8, 4) is 5.75 Å². The van der Waals surface area contributed by atoms with Gasteiger partial charge in [-0.15, -0.1) is 0 Å². The summed E-state index contributed by atoms with van der Waals surface area (Å²) in [6.07, 6.45) is 1.52. The van der Waals surface area contributed by atoms with Crippen LogP contribution in [-0.4, -0.2) is 28.5 Å². The summed E-state index contributed by atoms with van der Waals surface area (Å²) in [6, 6.07) is 7.40. The molecule has 5 heteroatoms. The van der Waals surface area contributed by atoms with Gasteiger partial charge in [0, 0.05) is 30.9 Å². The average Bonchev–Trinajstić information content (AvgIpc) is 2.50. The maximum Gasteiger partial charge on any atom is 0.142 e. The molecule has 0 heterocycles. The molecule has 23 heavy (non-hydrogen) atoms. The van der Waals surface area contributed by atoms with Gasteiger partial charge in [0.15, 0.2) is 0 Å². The smallest absolute Gasteiger partial charge is 0.142 e. The van der Waals surface area contributed by atoms with Crippen LogP contribution in [0.5, 0.6) is 5.75 Å². The Hall–Kier alpha value is -2.24. The number of nitrogen functional groups attached to an aromatic ring is 2. The number of phenols is 1. The molecule has 2 rings (SSSR count). The Kier molecular flexibility index (Phi) is 5.47. The van der Waals surface area contributed by atoms with Gasteiger partial charge in [0.2, 0.25) is 0 Å². The molecule has 0 saturated heterocycles. The summed E-state index contributed by atoms with van der Waals surface area (Å²) in [7, 11) is 0. The molecular weight excluding hydrogens is 292 g/mol. The highest BCUT2D eigenvalue weighted by atomic mass is 16.3. The van der Waals surface area contributed by atoms with Crippen molar-refractivity contribution in [1.82, 2.24) is 0 Å². The Balaban J connectivity index is 2.42. The van der Waals surface area contributed by atoms with Crippen LogP contribution >= 0.6 is 0 Å². The van der Waals surface area contributed by atoms with Crippen LogP contribution < -0.4 is 11.5 Å². The van der Waals surface area contributed by atoms with Crippen LogP contribution in [0.15, 0.2) is 24.3 Å². The van der Waals surface area contributed by atoms with Crippen LogP contribution in [0.1, 0.15) is 27.8 Å². The number of nitrogens with two attached hydrogens (primary N) is 2. The van der Waals surface area contributed by atoms with Crippen molar-refractivity contribution < 1.29 is 15.3 Å². The lowest BCUT2D eigenvalue weighted by Gasteiger charge is -2.14. The highest BCUT2D eigenvalue weighted by Crippen LogP contribution is 2.31. The minimum atomic E-state index is 0.0294. The van der Waals surface area contributed by atoms with Crippen LogP contribution in [-0.2, 0) is 19.3 Å². The van der Waals surface area contributed by atoms with Gasteiger partial charge < -0.3 is 26.8 Å². The monoisotopic (exact) mass is 316 g/mol.